The topological polar surface area (TPSA) is 91.4 Å². The van der Waals surface area contributed by atoms with Gasteiger partial charge in [-0.3, -0.25) is 4.79 Å². The number of ether oxygens (including phenoxy) is 2. The second kappa shape index (κ2) is 7.94. The largest absolute Gasteiger partial charge is 0.454 e. The van der Waals surface area contributed by atoms with Crippen LogP contribution in [0.4, 0.5) is 4.39 Å². The van der Waals surface area contributed by atoms with Gasteiger partial charge in [0.25, 0.3) is 5.89 Å². The van der Waals surface area contributed by atoms with Crippen molar-refractivity contribution in [3.05, 3.63) is 72.2 Å². The molecule has 0 aliphatic carbocycles. The first-order valence-corrected chi connectivity index (χ1v) is 9.56. The summed E-state index contributed by atoms with van der Waals surface area (Å²) in [6.45, 7) is 0.655. The summed E-state index contributed by atoms with van der Waals surface area (Å²) in [5.41, 5.74) is 2.15. The number of nitrogens with zero attached hydrogens (tertiary/aromatic N) is 3. The Kier molecular flexibility index (Phi) is 4.83. The number of halogens is 1. The molecule has 3 heterocycles. The summed E-state index contributed by atoms with van der Waals surface area (Å²) in [5, 5.41) is 6.84. The van der Waals surface area contributed by atoms with Gasteiger partial charge in [-0.2, -0.15) is 4.98 Å². The molecule has 156 valence electrons. The van der Waals surface area contributed by atoms with Gasteiger partial charge in [0.2, 0.25) is 18.5 Å². The average Bonchev–Trinajstić information content (AvgIpc) is 3.53. The van der Waals surface area contributed by atoms with Crippen LogP contribution >= 0.6 is 0 Å². The highest BCUT2D eigenvalue weighted by atomic mass is 19.1. The van der Waals surface area contributed by atoms with Gasteiger partial charge in [-0.1, -0.05) is 11.2 Å². The molecule has 1 aliphatic rings. The van der Waals surface area contributed by atoms with Crippen LogP contribution in [0.3, 0.4) is 0 Å². The van der Waals surface area contributed by atoms with Crippen LogP contribution in [-0.4, -0.2) is 27.4 Å². The molecular formula is C22H17FN4O4. The molecule has 0 unspecified atom stereocenters. The van der Waals surface area contributed by atoms with Crippen molar-refractivity contribution < 1.29 is 23.2 Å². The molecule has 0 saturated carbocycles. The SMILES string of the molecule is O=C(Cn1cccc1-c1nc(-c2ccc(F)cc2)no1)NCc1ccc2c(c1)OCO2. The number of carbonyl (C=O) groups excluding carboxylic acids is 1. The number of rotatable bonds is 6. The Bertz CT molecular complexity index is 1230. The minimum atomic E-state index is -0.340. The number of hydrogen-bond donors (Lipinski definition) is 1. The Morgan fingerprint density at radius 2 is 1.94 bits per heavy atom. The van der Waals surface area contributed by atoms with Gasteiger partial charge in [0.1, 0.15) is 18.1 Å². The number of fused-ring (bicyclic) bond motifs is 1. The molecule has 31 heavy (non-hydrogen) atoms. The number of nitrogens with one attached hydrogen (secondary N) is 1. The van der Waals surface area contributed by atoms with E-state index in [-0.39, 0.29) is 31.0 Å². The number of carbonyl (C=O) groups is 1. The first-order chi connectivity index (χ1) is 15.2. The smallest absolute Gasteiger partial charge is 0.274 e. The first-order valence-electron chi connectivity index (χ1n) is 9.56. The van der Waals surface area contributed by atoms with Gasteiger partial charge in [-0.15, -0.1) is 0 Å². The first kappa shape index (κ1) is 18.9. The van der Waals surface area contributed by atoms with Crippen LogP contribution in [0, 0.1) is 5.82 Å². The van der Waals surface area contributed by atoms with E-state index >= 15 is 0 Å². The molecule has 0 spiro atoms. The Morgan fingerprint density at radius 1 is 1.10 bits per heavy atom. The lowest BCUT2D eigenvalue weighted by Gasteiger charge is -2.08. The maximum Gasteiger partial charge on any atom is 0.274 e. The van der Waals surface area contributed by atoms with E-state index in [0.717, 1.165) is 5.56 Å². The van der Waals surface area contributed by atoms with E-state index in [1.807, 2.05) is 18.2 Å². The van der Waals surface area contributed by atoms with Gasteiger partial charge in [-0.05, 0) is 54.1 Å². The van der Waals surface area contributed by atoms with Crippen LogP contribution in [0.25, 0.3) is 23.0 Å². The molecule has 5 rings (SSSR count). The third kappa shape index (κ3) is 3.97. The van der Waals surface area contributed by atoms with Gasteiger partial charge in [0, 0.05) is 18.3 Å². The molecule has 8 nitrogen and oxygen atoms in total. The van der Waals surface area contributed by atoms with E-state index < -0.39 is 0 Å². The van der Waals surface area contributed by atoms with Crippen LogP contribution in [0.15, 0.2) is 65.3 Å². The predicted molar refractivity (Wildman–Crippen MR) is 108 cm³/mol. The zero-order valence-corrected chi connectivity index (χ0v) is 16.2. The summed E-state index contributed by atoms with van der Waals surface area (Å²) in [6, 6.07) is 14.9. The van der Waals surface area contributed by atoms with E-state index in [0.29, 0.717) is 35.1 Å². The molecule has 2 aromatic heterocycles. The number of amides is 1. The fraction of sp³-hybridized carbons (Fsp3) is 0.136. The summed E-state index contributed by atoms with van der Waals surface area (Å²) >= 11 is 0. The summed E-state index contributed by atoms with van der Waals surface area (Å²) in [6.07, 6.45) is 1.76. The number of benzene rings is 2. The summed E-state index contributed by atoms with van der Waals surface area (Å²) in [7, 11) is 0. The lowest BCUT2D eigenvalue weighted by molar-refractivity contribution is -0.121. The van der Waals surface area contributed by atoms with Crippen molar-refractivity contribution in [1.82, 2.24) is 20.0 Å². The van der Waals surface area contributed by atoms with Crippen molar-refractivity contribution in [2.45, 2.75) is 13.1 Å². The molecule has 0 radical (unpaired) electrons. The van der Waals surface area contributed by atoms with Gasteiger partial charge < -0.3 is 23.9 Å². The maximum absolute atomic E-state index is 13.1. The third-order valence-corrected chi connectivity index (χ3v) is 4.82. The van der Waals surface area contributed by atoms with Crippen LogP contribution in [-0.2, 0) is 17.9 Å². The second-order valence-corrected chi connectivity index (χ2v) is 6.92. The van der Waals surface area contributed by atoms with E-state index in [2.05, 4.69) is 15.5 Å². The molecule has 1 amide bonds. The van der Waals surface area contributed by atoms with E-state index in [1.165, 1.54) is 12.1 Å². The molecule has 9 heteroatoms. The fourth-order valence-corrected chi connectivity index (χ4v) is 3.25. The zero-order chi connectivity index (χ0) is 21.2. The monoisotopic (exact) mass is 420 g/mol. The second-order valence-electron chi connectivity index (χ2n) is 6.92. The van der Waals surface area contributed by atoms with E-state index in [1.54, 1.807) is 35.0 Å². The predicted octanol–water partition coefficient (Wildman–Crippen LogP) is 3.39. The van der Waals surface area contributed by atoms with E-state index in [4.69, 9.17) is 14.0 Å². The van der Waals surface area contributed by atoms with Crippen LogP contribution in [0.5, 0.6) is 11.5 Å². The molecule has 2 aromatic carbocycles. The Morgan fingerprint density at radius 3 is 2.81 bits per heavy atom. The zero-order valence-electron chi connectivity index (χ0n) is 16.2. The van der Waals surface area contributed by atoms with E-state index in [9.17, 15) is 9.18 Å². The highest BCUT2D eigenvalue weighted by Gasteiger charge is 2.16. The van der Waals surface area contributed by atoms with Crippen molar-refractivity contribution >= 4 is 5.91 Å². The van der Waals surface area contributed by atoms with Gasteiger partial charge in [0.15, 0.2) is 11.5 Å². The van der Waals surface area contributed by atoms with Crippen LogP contribution in [0.2, 0.25) is 0 Å². The van der Waals surface area contributed by atoms with Gasteiger partial charge in [0.05, 0.1) is 0 Å². The average molecular weight is 420 g/mol. The van der Waals surface area contributed by atoms with Crippen molar-refractivity contribution in [3.8, 4) is 34.5 Å². The quantitative estimate of drug-likeness (QED) is 0.514. The molecule has 0 saturated heterocycles. The van der Waals surface area contributed by atoms with Crippen LogP contribution < -0.4 is 14.8 Å². The molecule has 0 bridgehead atoms. The molecule has 1 aliphatic heterocycles. The Labute approximate surface area is 176 Å². The third-order valence-electron chi connectivity index (χ3n) is 4.82. The number of aromatic nitrogens is 3. The molecule has 0 fully saturated rings. The summed E-state index contributed by atoms with van der Waals surface area (Å²) in [5.74, 6) is 1.48. The van der Waals surface area contributed by atoms with Gasteiger partial charge >= 0.3 is 0 Å². The minimum Gasteiger partial charge on any atom is -0.454 e. The van der Waals surface area contributed by atoms with Crippen LogP contribution in [0.1, 0.15) is 5.56 Å². The lowest BCUT2D eigenvalue weighted by atomic mass is 10.2. The highest BCUT2D eigenvalue weighted by molar-refractivity contribution is 5.76. The molecule has 0 atom stereocenters. The van der Waals surface area contributed by atoms with Crippen molar-refractivity contribution in [2.24, 2.45) is 0 Å². The lowest BCUT2D eigenvalue weighted by Crippen LogP contribution is -2.27. The van der Waals surface area contributed by atoms with Gasteiger partial charge in [-0.25, -0.2) is 4.39 Å². The minimum absolute atomic E-state index is 0.0845. The maximum atomic E-state index is 13.1. The van der Waals surface area contributed by atoms with Crippen molar-refractivity contribution in [3.63, 3.8) is 0 Å². The summed E-state index contributed by atoms with van der Waals surface area (Å²) in [4.78, 5) is 16.8. The Balaban J connectivity index is 1.25. The molecule has 4 aromatic rings. The fourth-order valence-electron chi connectivity index (χ4n) is 3.25. The Hall–Kier alpha value is -4.14. The normalized spacial score (nSPS) is 12.2. The number of hydrogen-bond acceptors (Lipinski definition) is 6. The molecular weight excluding hydrogens is 403 g/mol. The van der Waals surface area contributed by atoms with Crippen molar-refractivity contribution in [1.29, 1.82) is 0 Å². The summed E-state index contributed by atoms with van der Waals surface area (Å²) < 4.78 is 30.8. The standard InChI is InChI=1S/C22H17FN4O4/c23-16-6-4-15(5-7-16)21-25-22(31-26-21)17-2-1-9-27(17)12-20(28)24-11-14-3-8-18-19(10-14)30-13-29-18/h1-10H,11-13H2,(H,24,28). The highest BCUT2D eigenvalue weighted by Crippen LogP contribution is 2.32. The molecule has 1 N–H and O–H groups in total. The van der Waals surface area contributed by atoms with Crippen molar-refractivity contribution in [2.75, 3.05) is 6.79 Å².